The van der Waals surface area contributed by atoms with Crippen LogP contribution in [0, 0.1) is 12.7 Å². The summed E-state index contributed by atoms with van der Waals surface area (Å²) in [5.41, 5.74) is 3.55. The molecule has 2 unspecified atom stereocenters. The van der Waals surface area contributed by atoms with Crippen molar-refractivity contribution in [1.29, 1.82) is 0 Å². The molecule has 0 saturated carbocycles. The van der Waals surface area contributed by atoms with Crippen LogP contribution in [0.25, 0.3) is 11.0 Å². The Morgan fingerprint density at radius 2 is 2.08 bits per heavy atom. The van der Waals surface area contributed by atoms with Crippen molar-refractivity contribution in [3.63, 3.8) is 0 Å². The monoisotopic (exact) mass is 357 g/mol. The van der Waals surface area contributed by atoms with E-state index in [4.69, 9.17) is 4.74 Å². The number of halogens is 2. The molecule has 0 radical (unpaired) electrons. The number of likely N-dealkylation sites (tertiary alicyclic amines) is 1. The summed E-state index contributed by atoms with van der Waals surface area (Å²) >= 11 is 0. The molecule has 1 saturated heterocycles. The molecule has 4 nitrogen and oxygen atoms in total. The highest BCUT2D eigenvalue weighted by molar-refractivity contribution is 5.75. The second kappa shape index (κ2) is 7.13. The largest absolute Gasteiger partial charge is 0.366 e. The maximum atomic E-state index is 14.3. The number of imidazole rings is 1. The van der Waals surface area contributed by atoms with Crippen LogP contribution in [-0.2, 0) is 17.9 Å². The molecule has 1 aromatic heterocycles. The average Bonchev–Trinajstić information content (AvgIpc) is 3.17. The first-order valence-electron chi connectivity index (χ1n) is 8.75. The van der Waals surface area contributed by atoms with Crippen molar-refractivity contribution in [2.45, 2.75) is 32.4 Å². The van der Waals surface area contributed by atoms with Crippen molar-refractivity contribution in [2.75, 3.05) is 13.1 Å². The summed E-state index contributed by atoms with van der Waals surface area (Å²) in [6.45, 7) is 3.32. The van der Waals surface area contributed by atoms with E-state index in [-0.39, 0.29) is 19.0 Å². The Bertz CT molecular complexity index is 911. The lowest BCUT2D eigenvalue weighted by molar-refractivity contribution is 0.00862. The molecule has 2 aromatic carbocycles. The highest BCUT2D eigenvalue weighted by Gasteiger charge is 2.34. The van der Waals surface area contributed by atoms with Gasteiger partial charge in [-0.2, -0.15) is 0 Å². The minimum Gasteiger partial charge on any atom is -0.366 e. The van der Waals surface area contributed by atoms with E-state index >= 15 is 0 Å². The van der Waals surface area contributed by atoms with Gasteiger partial charge in [-0.3, -0.25) is 4.90 Å². The van der Waals surface area contributed by atoms with E-state index in [0.717, 1.165) is 16.6 Å². The van der Waals surface area contributed by atoms with Gasteiger partial charge in [-0.1, -0.05) is 24.3 Å². The Balaban J connectivity index is 1.36. The van der Waals surface area contributed by atoms with Crippen molar-refractivity contribution in [2.24, 2.45) is 0 Å². The minimum atomic E-state index is -1.09. The number of aromatic amines is 1. The van der Waals surface area contributed by atoms with Crippen LogP contribution in [0.3, 0.4) is 0 Å². The predicted molar refractivity (Wildman–Crippen MR) is 96.0 cm³/mol. The molecule has 0 amide bonds. The Morgan fingerprint density at radius 3 is 2.92 bits per heavy atom. The van der Waals surface area contributed by atoms with Crippen molar-refractivity contribution in [1.82, 2.24) is 14.9 Å². The summed E-state index contributed by atoms with van der Waals surface area (Å²) in [7, 11) is 0. The number of fused-ring (bicyclic) bond motifs is 1. The lowest BCUT2D eigenvalue weighted by atomic mass is 10.2. The fourth-order valence-corrected chi connectivity index (χ4v) is 3.39. The van der Waals surface area contributed by atoms with E-state index in [9.17, 15) is 8.78 Å². The number of nitrogens with one attached hydrogen (secondary N) is 1. The van der Waals surface area contributed by atoms with Gasteiger partial charge in [0.05, 0.1) is 11.0 Å². The fourth-order valence-electron chi connectivity index (χ4n) is 3.39. The summed E-state index contributed by atoms with van der Waals surface area (Å²) in [6.07, 6.45) is -1.62. The minimum absolute atomic E-state index is 0.229. The average molecular weight is 357 g/mol. The lowest BCUT2D eigenvalue weighted by Gasteiger charge is -2.16. The van der Waals surface area contributed by atoms with Crippen LogP contribution in [0.15, 0.2) is 42.5 Å². The van der Waals surface area contributed by atoms with Crippen LogP contribution in [0.5, 0.6) is 0 Å². The summed E-state index contributed by atoms with van der Waals surface area (Å²) in [6, 6.07) is 12.6. The molecule has 6 heteroatoms. The van der Waals surface area contributed by atoms with E-state index in [0.29, 0.717) is 24.5 Å². The first kappa shape index (κ1) is 17.1. The molecule has 3 aromatic rings. The molecule has 2 heterocycles. The molecule has 0 bridgehead atoms. The Kier molecular flexibility index (Phi) is 4.70. The second-order valence-electron chi connectivity index (χ2n) is 6.86. The van der Waals surface area contributed by atoms with E-state index in [1.807, 2.05) is 30.0 Å². The predicted octanol–water partition coefficient (Wildman–Crippen LogP) is 3.75. The lowest BCUT2D eigenvalue weighted by Crippen LogP contribution is -2.24. The normalized spacial score (nSPS) is 20.9. The van der Waals surface area contributed by atoms with Crippen molar-refractivity contribution in [3.05, 3.63) is 65.2 Å². The Labute approximate surface area is 150 Å². The highest BCUT2D eigenvalue weighted by atomic mass is 19.1. The Hall–Kier alpha value is -2.31. The molecule has 1 aliphatic rings. The third kappa shape index (κ3) is 3.61. The molecule has 4 rings (SSSR count). The van der Waals surface area contributed by atoms with Gasteiger partial charge in [0.15, 0.2) is 0 Å². The molecule has 136 valence electrons. The van der Waals surface area contributed by atoms with Gasteiger partial charge in [0.1, 0.15) is 30.5 Å². The first-order valence-corrected chi connectivity index (χ1v) is 8.75. The van der Waals surface area contributed by atoms with Gasteiger partial charge in [-0.15, -0.1) is 0 Å². The molecule has 0 spiro atoms. The molecule has 2 atom stereocenters. The van der Waals surface area contributed by atoms with Crippen LogP contribution >= 0.6 is 0 Å². The topological polar surface area (TPSA) is 41.1 Å². The summed E-state index contributed by atoms with van der Waals surface area (Å²) < 4.78 is 33.8. The standard InChI is InChI=1S/C20H21F2N3O/c1-13-6-7-17-18(8-13)24-20(23-17)12-26-19-11-25(10-16(19)22)9-14-4-2-3-5-15(14)21/h2-8,16,19H,9-12H2,1H3,(H,23,24). The zero-order valence-electron chi connectivity index (χ0n) is 14.6. The molecule has 1 fully saturated rings. The fraction of sp³-hybridized carbons (Fsp3) is 0.350. The van der Waals surface area contributed by atoms with Gasteiger partial charge in [0, 0.05) is 25.2 Å². The molecule has 0 aliphatic carbocycles. The number of alkyl halides is 1. The van der Waals surface area contributed by atoms with Crippen molar-refractivity contribution in [3.8, 4) is 0 Å². The number of H-pyrrole nitrogens is 1. The maximum absolute atomic E-state index is 14.3. The Morgan fingerprint density at radius 1 is 1.23 bits per heavy atom. The highest BCUT2D eigenvalue weighted by Crippen LogP contribution is 2.21. The van der Waals surface area contributed by atoms with Crippen LogP contribution in [0.1, 0.15) is 17.0 Å². The van der Waals surface area contributed by atoms with E-state index in [2.05, 4.69) is 9.97 Å². The smallest absolute Gasteiger partial charge is 0.140 e. The van der Waals surface area contributed by atoms with E-state index in [1.54, 1.807) is 18.2 Å². The van der Waals surface area contributed by atoms with Crippen LogP contribution in [-0.4, -0.2) is 40.2 Å². The van der Waals surface area contributed by atoms with Crippen molar-refractivity contribution < 1.29 is 13.5 Å². The van der Waals surface area contributed by atoms with Crippen molar-refractivity contribution >= 4 is 11.0 Å². The number of ether oxygens (including phenoxy) is 1. The molecule has 1 aliphatic heterocycles. The number of hydrogen-bond donors (Lipinski definition) is 1. The third-order valence-corrected chi connectivity index (χ3v) is 4.75. The number of aromatic nitrogens is 2. The van der Waals surface area contributed by atoms with Gasteiger partial charge in [0.25, 0.3) is 0 Å². The molecular weight excluding hydrogens is 336 g/mol. The number of hydrogen-bond acceptors (Lipinski definition) is 3. The number of nitrogens with zero attached hydrogens (tertiary/aromatic N) is 2. The zero-order chi connectivity index (χ0) is 18.1. The second-order valence-corrected chi connectivity index (χ2v) is 6.86. The SMILES string of the molecule is Cc1ccc2nc(COC3CN(Cc4ccccc4F)CC3F)[nH]c2c1. The summed E-state index contributed by atoms with van der Waals surface area (Å²) in [5.74, 6) is 0.426. The van der Waals surface area contributed by atoms with Gasteiger partial charge in [-0.05, 0) is 30.7 Å². The molecular formula is C20H21F2N3O. The van der Waals surface area contributed by atoms with Crippen LogP contribution in [0.4, 0.5) is 8.78 Å². The summed E-state index contributed by atoms with van der Waals surface area (Å²) in [4.78, 5) is 9.57. The van der Waals surface area contributed by atoms with Gasteiger partial charge < -0.3 is 9.72 Å². The quantitative estimate of drug-likeness (QED) is 0.756. The van der Waals surface area contributed by atoms with Gasteiger partial charge in [-0.25, -0.2) is 13.8 Å². The maximum Gasteiger partial charge on any atom is 0.140 e. The van der Waals surface area contributed by atoms with E-state index in [1.165, 1.54) is 6.07 Å². The molecule has 1 N–H and O–H groups in total. The van der Waals surface area contributed by atoms with E-state index < -0.39 is 12.3 Å². The van der Waals surface area contributed by atoms with Crippen LogP contribution in [0.2, 0.25) is 0 Å². The number of benzene rings is 2. The zero-order valence-corrected chi connectivity index (χ0v) is 14.6. The summed E-state index contributed by atoms with van der Waals surface area (Å²) in [5, 5.41) is 0. The number of rotatable bonds is 5. The first-order chi connectivity index (χ1) is 12.6. The third-order valence-electron chi connectivity index (χ3n) is 4.75. The molecule has 26 heavy (non-hydrogen) atoms. The van der Waals surface area contributed by atoms with Gasteiger partial charge >= 0.3 is 0 Å². The van der Waals surface area contributed by atoms with Crippen LogP contribution < -0.4 is 0 Å². The van der Waals surface area contributed by atoms with Gasteiger partial charge in [0.2, 0.25) is 0 Å². The number of aryl methyl sites for hydroxylation is 1.